The van der Waals surface area contributed by atoms with Gasteiger partial charge in [-0.05, 0) is 58.8 Å². The summed E-state index contributed by atoms with van der Waals surface area (Å²) in [5.41, 5.74) is 1.49. The van der Waals surface area contributed by atoms with Crippen molar-refractivity contribution < 1.29 is 19.1 Å². The van der Waals surface area contributed by atoms with Crippen LogP contribution in [0.2, 0.25) is 0 Å². The SMILES string of the molecule is O=C(COC(=O)/C=C/c1cccc2ccccc12)Nc1ccc(Oc2ccccc2)cc1. The van der Waals surface area contributed by atoms with Gasteiger partial charge in [-0.2, -0.15) is 0 Å². The fourth-order valence-electron chi connectivity index (χ4n) is 3.17. The van der Waals surface area contributed by atoms with Crippen LogP contribution >= 0.6 is 0 Å². The number of rotatable bonds is 7. The fourth-order valence-corrected chi connectivity index (χ4v) is 3.17. The van der Waals surface area contributed by atoms with E-state index in [9.17, 15) is 9.59 Å². The van der Waals surface area contributed by atoms with Crippen molar-refractivity contribution in [1.29, 1.82) is 0 Å². The van der Waals surface area contributed by atoms with E-state index in [1.165, 1.54) is 6.08 Å². The van der Waals surface area contributed by atoms with Crippen molar-refractivity contribution in [3.63, 3.8) is 0 Å². The Labute approximate surface area is 185 Å². The van der Waals surface area contributed by atoms with Crippen LogP contribution in [0.3, 0.4) is 0 Å². The van der Waals surface area contributed by atoms with Gasteiger partial charge in [0, 0.05) is 11.8 Å². The minimum absolute atomic E-state index is 0.374. The number of esters is 1. The molecule has 1 amide bonds. The third-order valence-corrected chi connectivity index (χ3v) is 4.68. The molecule has 5 heteroatoms. The van der Waals surface area contributed by atoms with Crippen LogP contribution in [0, 0.1) is 0 Å². The van der Waals surface area contributed by atoms with Gasteiger partial charge in [-0.25, -0.2) is 4.79 Å². The molecule has 0 aliphatic carbocycles. The minimum Gasteiger partial charge on any atom is -0.457 e. The standard InChI is InChI=1S/C27H21NO4/c29-26(28-22-14-16-24(17-15-22)32-23-10-2-1-3-11-23)19-31-27(30)18-13-21-9-6-8-20-7-4-5-12-25(20)21/h1-18H,19H2,(H,28,29)/b18-13+. The molecular formula is C27H21NO4. The lowest BCUT2D eigenvalue weighted by Gasteiger charge is -2.08. The van der Waals surface area contributed by atoms with Crippen LogP contribution in [0.1, 0.15) is 5.56 Å². The van der Waals surface area contributed by atoms with E-state index < -0.39 is 11.9 Å². The molecule has 4 aromatic carbocycles. The van der Waals surface area contributed by atoms with Crippen LogP contribution in [-0.2, 0) is 14.3 Å². The van der Waals surface area contributed by atoms with Crippen molar-refractivity contribution >= 4 is 34.4 Å². The van der Waals surface area contributed by atoms with Gasteiger partial charge in [0.15, 0.2) is 6.61 Å². The second kappa shape index (κ2) is 10.1. The van der Waals surface area contributed by atoms with Gasteiger partial charge in [0.05, 0.1) is 0 Å². The highest BCUT2D eigenvalue weighted by atomic mass is 16.5. The number of ether oxygens (including phenoxy) is 2. The number of carbonyl (C=O) groups is 2. The molecule has 0 fully saturated rings. The summed E-state index contributed by atoms with van der Waals surface area (Å²) < 4.78 is 10.8. The summed E-state index contributed by atoms with van der Waals surface area (Å²) in [5.74, 6) is 0.375. The molecule has 0 aliphatic rings. The molecule has 32 heavy (non-hydrogen) atoms. The van der Waals surface area contributed by atoms with Gasteiger partial charge in [-0.3, -0.25) is 4.79 Å². The summed E-state index contributed by atoms with van der Waals surface area (Å²) in [7, 11) is 0. The van der Waals surface area contributed by atoms with Gasteiger partial charge in [0.25, 0.3) is 5.91 Å². The molecule has 0 spiro atoms. The quantitative estimate of drug-likeness (QED) is 0.300. The summed E-state index contributed by atoms with van der Waals surface area (Å²) in [6.45, 7) is -0.374. The van der Waals surface area contributed by atoms with E-state index in [2.05, 4.69) is 5.32 Å². The third kappa shape index (κ3) is 5.61. The molecule has 0 heterocycles. The van der Waals surface area contributed by atoms with Crippen molar-refractivity contribution in [1.82, 2.24) is 0 Å². The number of carbonyl (C=O) groups excluding carboxylic acids is 2. The molecule has 158 valence electrons. The van der Waals surface area contributed by atoms with Crippen molar-refractivity contribution in [2.75, 3.05) is 11.9 Å². The molecule has 0 atom stereocenters. The van der Waals surface area contributed by atoms with E-state index in [0.717, 1.165) is 22.1 Å². The van der Waals surface area contributed by atoms with Crippen LogP contribution in [0.15, 0.2) is 103 Å². The number of nitrogens with one attached hydrogen (secondary N) is 1. The first-order valence-corrected chi connectivity index (χ1v) is 10.1. The van der Waals surface area contributed by atoms with Gasteiger partial charge in [-0.15, -0.1) is 0 Å². The average Bonchev–Trinajstić information content (AvgIpc) is 2.83. The number of para-hydroxylation sites is 1. The summed E-state index contributed by atoms with van der Waals surface area (Å²) in [4.78, 5) is 24.1. The first kappa shape index (κ1) is 20.9. The Morgan fingerprint density at radius 1 is 0.750 bits per heavy atom. The van der Waals surface area contributed by atoms with Crippen molar-refractivity contribution in [3.05, 3.63) is 109 Å². The zero-order chi connectivity index (χ0) is 22.2. The maximum absolute atomic E-state index is 12.1. The summed E-state index contributed by atoms with van der Waals surface area (Å²) in [5, 5.41) is 4.81. The highest BCUT2D eigenvalue weighted by molar-refractivity contribution is 5.97. The lowest BCUT2D eigenvalue weighted by Crippen LogP contribution is -2.20. The minimum atomic E-state index is -0.584. The number of hydrogen-bond donors (Lipinski definition) is 1. The number of hydrogen-bond acceptors (Lipinski definition) is 4. The maximum atomic E-state index is 12.1. The molecule has 4 rings (SSSR count). The van der Waals surface area contributed by atoms with E-state index in [-0.39, 0.29) is 6.61 Å². The Balaban J connectivity index is 1.27. The topological polar surface area (TPSA) is 64.6 Å². The van der Waals surface area contributed by atoms with Crippen LogP contribution in [0.25, 0.3) is 16.8 Å². The van der Waals surface area contributed by atoms with Crippen LogP contribution in [0.5, 0.6) is 11.5 Å². The molecular weight excluding hydrogens is 402 g/mol. The summed E-state index contributed by atoms with van der Waals surface area (Å²) >= 11 is 0. The van der Waals surface area contributed by atoms with Gasteiger partial charge < -0.3 is 14.8 Å². The van der Waals surface area contributed by atoms with Crippen LogP contribution in [0.4, 0.5) is 5.69 Å². The Kier molecular flexibility index (Phi) is 6.58. The van der Waals surface area contributed by atoms with E-state index in [1.54, 1.807) is 30.3 Å². The Bertz CT molecular complexity index is 1240. The zero-order valence-corrected chi connectivity index (χ0v) is 17.2. The normalized spacial score (nSPS) is 10.8. The van der Waals surface area contributed by atoms with E-state index >= 15 is 0 Å². The Hall–Kier alpha value is -4.38. The Morgan fingerprint density at radius 3 is 2.25 bits per heavy atom. The molecule has 5 nitrogen and oxygen atoms in total. The molecule has 0 bridgehead atoms. The highest BCUT2D eigenvalue weighted by Crippen LogP contribution is 2.22. The van der Waals surface area contributed by atoms with Gasteiger partial charge in [0.1, 0.15) is 11.5 Å². The van der Waals surface area contributed by atoms with Gasteiger partial charge in [0.2, 0.25) is 0 Å². The molecule has 0 radical (unpaired) electrons. The molecule has 4 aromatic rings. The number of benzene rings is 4. The van der Waals surface area contributed by atoms with Gasteiger partial charge >= 0.3 is 5.97 Å². The number of anilines is 1. The average molecular weight is 423 g/mol. The Morgan fingerprint density at radius 2 is 1.44 bits per heavy atom. The smallest absolute Gasteiger partial charge is 0.331 e. The monoisotopic (exact) mass is 423 g/mol. The van der Waals surface area contributed by atoms with E-state index in [4.69, 9.17) is 9.47 Å². The summed E-state index contributed by atoms with van der Waals surface area (Å²) in [6.07, 6.45) is 3.01. The maximum Gasteiger partial charge on any atom is 0.331 e. The summed E-state index contributed by atoms with van der Waals surface area (Å²) in [6, 6.07) is 30.1. The second-order valence-electron chi connectivity index (χ2n) is 7.00. The largest absolute Gasteiger partial charge is 0.457 e. The van der Waals surface area contributed by atoms with Crippen molar-refractivity contribution in [3.8, 4) is 11.5 Å². The molecule has 0 saturated carbocycles. The van der Waals surface area contributed by atoms with Gasteiger partial charge in [-0.1, -0.05) is 60.7 Å². The molecule has 0 unspecified atom stereocenters. The first-order valence-electron chi connectivity index (χ1n) is 10.1. The van der Waals surface area contributed by atoms with Crippen LogP contribution in [-0.4, -0.2) is 18.5 Å². The van der Waals surface area contributed by atoms with Crippen molar-refractivity contribution in [2.45, 2.75) is 0 Å². The van der Waals surface area contributed by atoms with Crippen LogP contribution < -0.4 is 10.1 Å². The lowest BCUT2D eigenvalue weighted by molar-refractivity contribution is -0.142. The fraction of sp³-hybridized carbons (Fsp3) is 0.0370. The van der Waals surface area contributed by atoms with Crippen molar-refractivity contribution in [2.24, 2.45) is 0 Å². The molecule has 0 saturated heterocycles. The third-order valence-electron chi connectivity index (χ3n) is 4.68. The van der Waals surface area contributed by atoms with E-state index in [1.807, 2.05) is 72.8 Å². The zero-order valence-electron chi connectivity index (χ0n) is 17.2. The first-order chi connectivity index (χ1) is 15.7. The predicted molar refractivity (Wildman–Crippen MR) is 126 cm³/mol. The lowest BCUT2D eigenvalue weighted by atomic mass is 10.0. The number of amides is 1. The second-order valence-corrected chi connectivity index (χ2v) is 7.00. The molecule has 0 aliphatic heterocycles. The molecule has 1 N–H and O–H groups in total. The molecule has 0 aromatic heterocycles. The number of fused-ring (bicyclic) bond motifs is 1. The van der Waals surface area contributed by atoms with E-state index in [0.29, 0.717) is 11.4 Å². The highest BCUT2D eigenvalue weighted by Gasteiger charge is 2.07. The predicted octanol–water partition coefficient (Wildman–Crippen LogP) is 5.83.